The predicted octanol–water partition coefficient (Wildman–Crippen LogP) is 4.87. The zero-order chi connectivity index (χ0) is 20.9. The maximum absolute atomic E-state index is 12.5. The average molecular weight is 403 g/mol. The summed E-state index contributed by atoms with van der Waals surface area (Å²) in [7, 11) is 0. The number of rotatable bonds is 5. The van der Waals surface area contributed by atoms with Crippen molar-refractivity contribution in [3.05, 3.63) is 95.1 Å². The number of carbonyl (C=O) groups excluding carboxylic acids is 1. The van der Waals surface area contributed by atoms with Gasteiger partial charge in [-0.2, -0.15) is 0 Å². The van der Waals surface area contributed by atoms with Gasteiger partial charge in [-0.3, -0.25) is 0 Å². The SMILES string of the molecule is O=C(O)c1ccc(Oc2ccc3c(c2)CN(C(=O)OCc2ccccc2)CC3)cc1. The van der Waals surface area contributed by atoms with Crippen molar-refractivity contribution in [1.82, 2.24) is 4.90 Å². The summed E-state index contributed by atoms with van der Waals surface area (Å²) in [5.41, 5.74) is 3.35. The van der Waals surface area contributed by atoms with Crippen LogP contribution in [0.1, 0.15) is 27.0 Å². The van der Waals surface area contributed by atoms with Gasteiger partial charge < -0.3 is 19.5 Å². The summed E-state index contributed by atoms with van der Waals surface area (Å²) in [6.45, 7) is 1.31. The first-order valence-corrected chi connectivity index (χ1v) is 9.67. The molecule has 6 heteroatoms. The number of fused-ring (bicyclic) bond motifs is 1. The van der Waals surface area contributed by atoms with Crippen LogP contribution in [0.4, 0.5) is 4.79 Å². The van der Waals surface area contributed by atoms with Crippen LogP contribution in [0.25, 0.3) is 0 Å². The molecule has 3 aromatic rings. The lowest BCUT2D eigenvalue weighted by atomic mass is 10.00. The molecule has 0 bridgehead atoms. The number of hydrogen-bond acceptors (Lipinski definition) is 4. The molecule has 1 N–H and O–H groups in total. The Morgan fingerprint density at radius 2 is 1.63 bits per heavy atom. The van der Waals surface area contributed by atoms with Crippen LogP contribution in [-0.4, -0.2) is 28.6 Å². The first kappa shape index (κ1) is 19.5. The molecule has 0 saturated heterocycles. The molecule has 30 heavy (non-hydrogen) atoms. The molecule has 0 spiro atoms. The van der Waals surface area contributed by atoms with E-state index in [2.05, 4.69) is 0 Å². The summed E-state index contributed by atoms with van der Waals surface area (Å²) >= 11 is 0. The van der Waals surface area contributed by atoms with Gasteiger partial charge >= 0.3 is 12.1 Å². The number of aromatic carboxylic acids is 1. The first-order valence-electron chi connectivity index (χ1n) is 9.67. The Kier molecular flexibility index (Phi) is 5.66. The van der Waals surface area contributed by atoms with Crippen molar-refractivity contribution in [2.24, 2.45) is 0 Å². The summed E-state index contributed by atoms with van der Waals surface area (Å²) in [5, 5.41) is 8.99. The van der Waals surface area contributed by atoms with Crippen molar-refractivity contribution in [2.45, 2.75) is 19.6 Å². The number of nitrogens with zero attached hydrogens (tertiary/aromatic N) is 1. The number of carboxylic acid groups (broad SMARTS) is 1. The van der Waals surface area contributed by atoms with Gasteiger partial charge in [-0.15, -0.1) is 0 Å². The van der Waals surface area contributed by atoms with E-state index < -0.39 is 5.97 Å². The summed E-state index contributed by atoms with van der Waals surface area (Å²) in [6.07, 6.45) is 0.420. The second-order valence-electron chi connectivity index (χ2n) is 7.07. The molecule has 0 radical (unpaired) electrons. The Morgan fingerprint density at radius 1 is 0.900 bits per heavy atom. The monoisotopic (exact) mass is 403 g/mol. The van der Waals surface area contributed by atoms with Crippen molar-refractivity contribution < 1.29 is 24.2 Å². The molecule has 1 aliphatic heterocycles. The van der Waals surface area contributed by atoms with Crippen LogP contribution in [0.5, 0.6) is 11.5 Å². The molecule has 1 heterocycles. The minimum Gasteiger partial charge on any atom is -0.478 e. The van der Waals surface area contributed by atoms with E-state index >= 15 is 0 Å². The largest absolute Gasteiger partial charge is 0.478 e. The van der Waals surface area contributed by atoms with Gasteiger partial charge in [0.15, 0.2) is 0 Å². The van der Waals surface area contributed by atoms with Gasteiger partial charge in [0, 0.05) is 13.1 Å². The van der Waals surface area contributed by atoms with Crippen LogP contribution >= 0.6 is 0 Å². The Labute approximate surface area is 174 Å². The third kappa shape index (κ3) is 4.60. The number of benzene rings is 3. The normalized spacial score (nSPS) is 12.7. The molecule has 1 amide bonds. The van der Waals surface area contributed by atoms with Gasteiger partial charge in [-0.1, -0.05) is 36.4 Å². The van der Waals surface area contributed by atoms with Crippen LogP contribution in [0.15, 0.2) is 72.8 Å². The zero-order valence-electron chi connectivity index (χ0n) is 16.3. The lowest BCUT2D eigenvalue weighted by Crippen LogP contribution is -2.36. The number of carboxylic acids is 1. The predicted molar refractivity (Wildman–Crippen MR) is 111 cm³/mol. The number of amides is 1. The molecule has 0 aliphatic carbocycles. The number of hydrogen-bond donors (Lipinski definition) is 1. The lowest BCUT2D eigenvalue weighted by molar-refractivity contribution is 0.0696. The van der Waals surface area contributed by atoms with E-state index in [0.29, 0.717) is 24.6 Å². The van der Waals surface area contributed by atoms with E-state index in [1.165, 1.54) is 17.7 Å². The molecule has 4 rings (SSSR count). The standard InChI is InChI=1S/C24H21NO5/c26-23(27)19-7-9-21(10-8-19)30-22-11-6-18-12-13-25(15-20(18)14-22)24(28)29-16-17-4-2-1-3-5-17/h1-11,14H,12-13,15-16H2,(H,26,27). The number of carbonyl (C=O) groups is 2. The van der Waals surface area contributed by atoms with E-state index in [-0.39, 0.29) is 18.3 Å². The van der Waals surface area contributed by atoms with Crippen LogP contribution in [-0.2, 0) is 24.3 Å². The molecule has 152 valence electrons. The molecule has 0 unspecified atom stereocenters. The Morgan fingerprint density at radius 3 is 2.37 bits per heavy atom. The Bertz CT molecular complexity index is 1050. The summed E-state index contributed by atoms with van der Waals surface area (Å²) in [5.74, 6) is 0.209. The fraction of sp³-hybridized carbons (Fsp3) is 0.167. The second kappa shape index (κ2) is 8.69. The molecule has 6 nitrogen and oxygen atoms in total. The lowest BCUT2D eigenvalue weighted by Gasteiger charge is -2.28. The third-order valence-corrected chi connectivity index (χ3v) is 4.99. The highest BCUT2D eigenvalue weighted by Gasteiger charge is 2.22. The van der Waals surface area contributed by atoms with Crippen LogP contribution in [0, 0.1) is 0 Å². The van der Waals surface area contributed by atoms with Crippen molar-refractivity contribution in [3.8, 4) is 11.5 Å². The number of ether oxygens (including phenoxy) is 2. The van der Waals surface area contributed by atoms with Crippen LogP contribution in [0.3, 0.4) is 0 Å². The van der Waals surface area contributed by atoms with Gasteiger partial charge in [0.25, 0.3) is 0 Å². The quantitative estimate of drug-likeness (QED) is 0.658. The topological polar surface area (TPSA) is 76.1 Å². The minimum atomic E-state index is -0.977. The van der Waals surface area contributed by atoms with Crippen molar-refractivity contribution in [3.63, 3.8) is 0 Å². The molecule has 0 saturated carbocycles. The zero-order valence-corrected chi connectivity index (χ0v) is 16.3. The van der Waals surface area contributed by atoms with Gasteiger partial charge in [0.2, 0.25) is 0 Å². The minimum absolute atomic E-state index is 0.206. The van der Waals surface area contributed by atoms with E-state index in [9.17, 15) is 9.59 Å². The van der Waals surface area contributed by atoms with E-state index in [0.717, 1.165) is 17.5 Å². The molecule has 0 aromatic heterocycles. The van der Waals surface area contributed by atoms with Gasteiger partial charge in [-0.25, -0.2) is 9.59 Å². The maximum atomic E-state index is 12.5. The van der Waals surface area contributed by atoms with Crippen LogP contribution < -0.4 is 4.74 Å². The highest BCUT2D eigenvalue weighted by atomic mass is 16.6. The van der Waals surface area contributed by atoms with Gasteiger partial charge in [0.05, 0.1) is 5.56 Å². The van der Waals surface area contributed by atoms with Crippen LogP contribution in [0.2, 0.25) is 0 Å². The van der Waals surface area contributed by atoms with Crippen molar-refractivity contribution in [2.75, 3.05) is 6.54 Å². The van der Waals surface area contributed by atoms with E-state index in [1.54, 1.807) is 17.0 Å². The molecular weight excluding hydrogens is 382 g/mol. The fourth-order valence-electron chi connectivity index (χ4n) is 3.37. The maximum Gasteiger partial charge on any atom is 0.410 e. The molecule has 0 atom stereocenters. The van der Waals surface area contributed by atoms with Gasteiger partial charge in [-0.05, 0) is 59.5 Å². The molecular formula is C24H21NO5. The molecule has 1 aliphatic rings. The second-order valence-corrected chi connectivity index (χ2v) is 7.07. The molecule has 3 aromatic carbocycles. The summed E-state index contributed by atoms with van der Waals surface area (Å²) in [6, 6.07) is 21.6. The van der Waals surface area contributed by atoms with E-state index in [1.807, 2.05) is 48.5 Å². The first-order chi connectivity index (χ1) is 14.6. The average Bonchev–Trinajstić information content (AvgIpc) is 2.78. The highest BCUT2D eigenvalue weighted by Crippen LogP contribution is 2.28. The highest BCUT2D eigenvalue weighted by molar-refractivity contribution is 5.87. The smallest absolute Gasteiger partial charge is 0.410 e. The Balaban J connectivity index is 1.40. The third-order valence-electron chi connectivity index (χ3n) is 4.99. The summed E-state index contributed by atoms with van der Waals surface area (Å²) in [4.78, 5) is 25.1. The van der Waals surface area contributed by atoms with Gasteiger partial charge in [0.1, 0.15) is 18.1 Å². The van der Waals surface area contributed by atoms with Crippen molar-refractivity contribution >= 4 is 12.1 Å². The fourth-order valence-corrected chi connectivity index (χ4v) is 3.37. The van der Waals surface area contributed by atoms with Crippen molar-refractivity contribution in [1.29, 1.82) is 0 Å². The molecule has 0 fully saturated rings. The van der Waals surface area contributed by atoms with E-state index in [4.69, 9.17) is 14.6 Å². The Hall–Kier alpha value is -3.80. The summed E-state index contributed by atoms with van der Waals surface area (Å²) < 4.78 is 11.3.